The summed E-state index contributed by atoms with van der Waals surface area (Å²) < 4.78 is 40.6. The van der Waals surface area contributed by atoms with Crippen molar-refractivity contribution in [2.45, 2.75) is 38.7 Å². The molecule has 1 saturated heterocycles. The molecule has 10 heteroatoms. The number of aryl methyl sites for hydroxylation is 1. The van der Waals surface area contributed by atoms with Crippen LogP contribution in [0.1, 0.15) is 30.9 Å². The van der Waals surface area contributed by atoms with Crippen molar-refractivity contribution in [3.8, 4) is 6.07 Å². The van der Waals surface area contributed by atoms with Crippen molar-refractivity contribution < 1.29 is 13.2 Å². The summed E-state index contributed by atoms with van der Waals surface area (Å²) in [6.45, 7) is 5.38. The number of nitrogens with zero attached hydrogens (tertiary/aromatic N) is 6. The van der Waals surface area contributed by atoms with Gasteiger partial charge < -0.3 is 9.47 Å². The molecule has 172 valence electrons. The van der Waals surface area contributed by atoms with E-state index in [1.54, 1.807) is 25.2 Å². The summed E-state index contributed by atoms with van der Waals surface area (Å²) in [6.07, 6.45) is -4.48. The Morgan fingerprint density at radius 2 is 1.88 bits per heavy atom. The average molecular weight is 456 g/mol. The normalized spacial score (nSPS) is 19.6. The molecule has 0 aromatic carbocycles. The zero-order chi connectivity index (χ0) is 23.9. The molecule has 4 heterocycles. The molecule has 0 bridgehead atoms. The largest absolute Gasteiger partial charge is 0.433 e. The van der Waals surface area contributed by atoms with Crippen LogP contribution in [0.15, 0.2) is 41.2 Å². The minimum absolute atomic E-state index is 0.0178. The fourth-order valence-electron chi connectivity index (χ4n) is 4.28. The summed E-state index contributed by atoms with van der Waals surface area (Å²) in [5.41, 5.74) is 1.40. The molecule has 33 heavy (non-hydrogen) atoms. The minimum atomic E-state index is -4.48. The fourth-order valence-corrected chi connectivity index (χ4v) is 4.28. The molecule has 0 aliphatic carbocycles. The first-order chi connectivity index (χ1) is 15.6. The summed E-state index contributed by atoms with van der Waals surface area (Å²) in [4.78, 5) is 25.0. The van der Waals surface area contributed by atoms with Crippen molar-refractivity contribution in [3.05, 3.63) is 63.8 Å². The number of aromatic nitrogens is 3. The van der Waals surface area contributed by atoms with Crippen molar-refractivity contribution >= 4 is 16.7 Å². The van der Waals surface area contributed by atoms with E-state index in [9.17, 15) is 23.2 Å². The van der Waals surface area contributed by atoms with Gasteiger partial charge in [0.15, 0.2) is 0 Å². The third-order valence-corrected chi connectivity index (χ3v) is 6.07. The summed E-state index contributed by atoms with van der Waals surface area (Å²) in [7, 11) is 1.66. The highest BCUT2D eigenvalue weighted by Crippen LogP contribution is 2.30. The van der Waals surface area contributed by atoms with Gasteiger partial charge in [0.2, 0.25) is 0 Å². The van der Waals surface area contributed by atoms with E-state index in [-0.39, 0.29) is 29.9 Å². The Morgan fingerprint density at radius 1 is 1.12 bits per heavy atom. The number of hydrogen-bond donors (Lipinski definition) is 0. The number of rotatable bonds is 3. The molecule has 0 radical (unpaired) electrons. The maximum Gasteiger partial charge on any atom is 0.433 e. The second-order valence-corrected chi connectivity index (χ2v) is 8.39. The monoisotopic (exact) mass is 456 g/mol. The Kier molecular flexibility index (Phi) is 5.84. The zero-order valence-electron chi connectivity index (χ0n) is 18.5. The summed E-state index contributed by atoms with van der Waals surface area (Å²) in [6, 6.07) is 10.7. The van der Waals surface area contributed by atoms with Crippen LogP contribution in [-0.4, -0.2) is 44.6 Å². The molecule has 4 rings (SSSR count). The maximum absolute atomic E-state index is 13.0. The molecule has 0 amide bonds. The highest BCUT2D eigenvalue weighted by Gasteiger charge is 2.34. The molecule has 7 nitrogen and oxygen atoms in total. The predicted octanol–water partition coefficient (Wildman–Crippen LogP) is 3.32. The van der Waals surface area contributed by atoms with Crippen LogP contribution in [-0.2, 0) is 19.8 Å². The van der Waals surface area contributed by atoms with Crippen molar-refractivity contribution in [2.24, 2.45) is 7.05 Å². The van der Waals surface area contributed by atoms with Crippen LogP contribution in [0.5, 0.6) is 0 Å². The lowest BCUT2D eigenvalue weighted by Crippen LogP contribution is -2.56. The molecule has 1 aliphatic heterocycles. The van der Waals surface area contributed by atoms with Crippen molar-refractivity contribution in [3.63, 3.8) is 0 Å². The Bertz CT molecular complexity index is 1300. The van der Waals surface area contributed by atoms with E-state index in [1.807, 2.05) is 19.9 Å². The zero-order valence-corrected chi connectivity index (χ0v) is 18.5. The van der Waals surface area contributed by atoms with Gasteiger partial charge in [-0.05, 0) is 38.1 Å². The highest BCUT2D eigenvalue weighted by molar-refractivity contribution is 5.89. The van der Waals surface area contributed by atoms with Crippen LogP contribution < -0.4 is 10.5 Å². The van der Waals surface area contributed by atoms with Gasteiger partial charge in [-0.2, -0.15) is 18.4 Å². The molecule has 1 aliphatic rings. The van der Waals surface area contributed by atoms with E-state index in [0.717, 1.165) is 6.07 Å². The molecule has 0 N–H and O–H groups in total. The van der Waals surface area contributed by atoms with Crippen LogP contribution in [0.2, 0.25) is 0 Å². The minimum Gasteiger partial charge on any atom is -0.364 e. The third-order valence-electron chi connectivity index (χ3n) is 6.07. The standard InChI is InChI=1S/C23H23F3N6O/c1-14-12-32(19-9-21(33)30(3)18-8-7-16(10-27)29-22(18)19)15(2)11-31(14)13-17-5-4-6-20(28-17)23(24,25)26/h4-9,14-15H,11-13H2,1-3H3/t14-,15+/m1/s1. The highest BCUT2D eigenvalue weighted by atomic mass is 19.4. The molecule has 1 fully saturated rings. The number of halogens is 3. The first-order valence-electron chi connectivity index (χ1n) is 10.5. The van der Waals surface area contributed by atoms with Crippen LogP contribution in [0.4, 0.5) is 18.9 Å². The summed E-state index contributed by atoms with van der Waals surface area (Å²) in [5, 5.41) is 9.28. The quantitative estimate of drug-likeness (QED) is 0.602. The second kappa shape index (κ2) is 8.48. The maximum atomic E-state index is 13.0. The Hall–Kier alpha value is -3.45. The Labute approximate surface area is 188 Å². The van der Waals surface area contributed by atoms with Crippen LogP contribution >= 0.6 is 0 Å². The number of fused-ring (bicyclic) bond motifs is 1. The van der Waals surface area contributed by atoms with Crippen LogP contribution in [0.25, 0.3) is 11.0 Å². The number of anilines is 1. The number of hydrogen-bond acceptors (Lipinski definition) is 6. The van der Waals surface area contributed by atoms with E-state index in [1.165, 1.54) is 16.7 Å². The average Bonchev–Trinajstić information content (AvgIpc) is 2.78. The molecular formula is C23H23F3N6O. The second-order valence-electron chi connectivity index (χ2n) is 8.39. The predicted molar refractivity (Wildman–Crippen MR) is 118 cm³/mol. The van der Waals surface area contributed by atoms with Gasteiger partial charge in [-0.25, -0.2) is 9.97 Å². The smallest absolute Gasteiger partial charge is 0.364 e. The summed E-state index contributed by atoms with van der Waals surface area (Å²) in [5.74, 6) is 0. The SMILES string of the molecule is C[C@@H]1CN(c2cc(=O)n(C)c3ccc(C#N)nc23)[C@@H](C)CN1Cc1cccc(C(F)(F)F)n1. The fraction of sp³-hybridized carbons (Fsp3) is 0.391. The lowest BCUT2D eigenvalue weighted by molar-refractivity contribution is -0.141. The van der Waals surface area contributed by atoms with Gasteiger partial charge in [0.25, 0.3) is 5.56 Å². The van der Waals surface area contributed by atoms with E-state index in [4.69, 9.17) is 0 Å². The van der Waals surface area contributed by atoms with Gasteiger partial charge in [0.05, 0.1) is 16.9 Å². The number of piperazine rings is 1. The van der Waals surface area contributed by atoms with E-state index < -0.39 is 11.9 Å². The van der Waals surface area contributed by atoms with Crippen LogP contribution in [0, 0.1) is 11.3 Å². The molecule has 3 aromatic rings. The Balaban J connectivity index is 1.63. The van der Waals surface area contributed by atoms with Gasteiger partial charge in [-0.3, -0.25) is 9.69 Å². The number of pyridine rings is 3. The van der Waals surface area contributed by atoms with Crippen LogP contribution in [0.3, 0.4) is 0 Å². The number of alkyl halides is 3. The first kappa shape index (κ1) is 22.7. The van der Waals surface area contributed by atoms with Gasteiger partial charge in [0, 0.05) is 44.8 Å². The lowest BCUT2D eigenvalue weighted by atomic mass is 10.1. The molecule has 2 atom stereocenters. The van der Waals surface area contributed by atoms with Gasteiger partial charge in [-0.1, -0.05) is 6.07 Å². The molecule has 3 aromatic heterocycles. The van der Waals surface area contributed by atoms with Gasteiger partial charge >= 0.3 is 6.18 Å². The van der Waals surface area contributed by atoms with E-state index in [0.29, 0.717) is 35.5 Å². The molecule has 0 spiro atoms. The van der Waals surface area contributed by atoms with Gasteiger partial charge in [0.1, 0.15) is 23.0 Å². The van der Waals surface area contributed by atoms with Gasteiger partial charge in [-0.15, -0.1) is 0 Å². The Morgan fingerprint density at radius 3 is 2.58 bits per heavy atom. The van der Waals surface area contributed by atoms with Crippen molar-refractivity contribution in [1.29, 1.82) is 5.26 Å². The summed E-state index contributed by atoms with van der Waals surface area (Å²) >= 11 is 0. The third kappa shape index (κ3) is 4.41. The topological polar surface area (TPSA) is 78.0 Å². The molecule has 0 saturated carbocycles. The van der Waals surface area contributed by atoms with E-state index in [2.05, 4.69) is 19.8 Å². The first-order valence-corrected chi connectivity index (χ1v) is 10.5. The van der Waals surface area contributed by atoms with Crippen molar-refractivity contribution in [2.75, 3.05) is 18.0 Å². The van der Waals surface area contributed by atoms with E-state index >= 15 is 0 Å². The molecule has 0 unspecified atom stereocenters. The number of nitriles is 1. The lowest BCUT2D eigenvalue weighted by Gasteiger charge is -2.45. The molecular weight excluding hydrogens is 433 g/mol. The van der Waals surface area contributed by atoms with Crippen molar-refractivity contribution in [1.82, 2.24) is 19.4 Å².